The van der Waals surface area contributed by atoms with Crippen LogP contribution >= 0.6 is 0 Å². The number of nitrogens with zero attached hydrogens (tertiary/aromatic N) is 1. The van der Waals surface area contributed by atoms with E-state index in [1.54, 1.807) is 6.26 Å². The van der Waals surface area contributed by atoms with Crippen LogP contribution in [0.1, 0.15) is 11.1 Å². The normalized spacial score (nSPS) is 11.8. The molecular weight excluding hydrogens is 246 g/mol. The van der Waals surface area contributed by atoms with Crippen molar-refractivity contribution in [3.63, 3.8) is 0 Å². The van der Waals surface area contributed by atoms with Crippen LogP contribution in [0.15, 0.2) is 76.3 Å². The first-order chi connectivity index (χ1) is 9.93. The summed E-state index contributed by atoms with van der Waals surface area (Å²) in [7, 11) is 0. The number of rotatable bonds is 4. The highest BCUT2D eigenvalue weighted by Gasteiger charge is 2.00. The van der Waals surface area contributed by atoms with Crippen molar-refractivity contribution in [2.75, 3.05) is 6.54 Å². The summed E-state index contributed by atoms with van der Waals surface area (Å²) in [5.74, 6) is 0. The van der Waals surface area contributed by atoms with Gasteiger partial charge in [0, 0.05) is 17.2 Å². The van der Waals surface area contributed by atoms with Crippen molar-refractivity contribution < 1.29 is 4.42 Å². The number of para-hydroxylation sites is 1. The molecule has 0 aliphatic rings. The maximum atomic E-state index is 5.47. The highest BCUT2D eigenvalue weighted by molar-refractivity contribution is 5.96. The van der Waals surface area contributed by atoms with E-state index in [2.05, 4.69) is 23.2 Å². The molecule has 1 heterocycles. The minimum absolute atomic E-state index is 0.659. The Labute approximate surface area is 118 Å². The number of aliphatic imine (C=N–C) groups is 1. The SMILES string of the molecule is C(=NC/C=C/c1ccccc1)c1cccc2ccoc12. The second kappa shape index (κ2) is 6.02. The molecule has 0 unspecified atom stereocenters. The minimum Gasteiger partial charge on any atom is -0.464 e. The number of hydrogen-bond donors (Lipinski definition) is 0. The molecule has 0 aliphatic carbocycles. The van der Waals surface area contributed by atoms with Crippen LogP contribution < -0.4 is 0 Å². The lowest BCUT2D eigenvalue weighted by molar-refractivity contribution is 0.615. The van der Waals surface area contributed by atoms with E-state index in [4.69, 9.17) is 4.42 Å². The lowest BCUT2D eigenvalue weighted by Crippen LogP contribution is -1.83. The van der Waals surface area contributed by atoms with Gasteiger partial charge in [-0.25, -0.2) is 0 Å². The monoisotopic (exact) mass is 261 g/mol. The Balaban J connectivity index is 1.66. The van der Waals surface area contributed by atoms with Gasteiger partial charge in [-0.1, -0.05) is 54.6 Å². The molecule has 0 aliphatic heterocycles. The van der Waals surface area contributed by atoms with Crippen LogP contribution in [0, 0.1) is 0 Å². The van der Waals surface area contributed by atoms with E-state index in [-0.39, 0.29) is 0 Å². The third-order valence-electron chi connectivity index (χ3n) is 3.06. The van der Waals surface area contributed by atoms with Crippen LogP contribution in [0.4, 0.5) is 0 Å². The summed E-state index contributed by atoms with van der Waals surface area (Å²) in [6.07, 6.45) is 7.69. The van der Waals surface area contributed by atoms with Gasteiger partial charge in [0.25, 0.3) is 0 Å². The molecule has 0 amide bonds. The summed E-state index contributed by atoms with van der Waals surface area (Å²) in [5, 5.41) is 1.11. The average Bonchev–Trinajstić information content (AvgIpc) is 2.97. The van der Waals surface area contributed by atoms with Gasteiger partial charge in [0.05, 0.1) is 12.8 Å². The molecule has 2 aromatic carbocycles. The largest absolute Gasteiger partial charge is 0.464 e. The Kier molecular flexibility index (Phi) is 3.74. The molecule has 3 aromatic rings. The molecule has 0 atom stereocenters. The van der Waals surface area contributed by atoms with Gasteiger partial charge in [-0.05, 0) is 17.7 Å². The smallest absolute Gasteiger partial charge is 0.142 e. The Hall–Kier alpha value is -2.61. The summed E-state index contributed by atoms with van der Waals surface area (Å²) < 4.78 is 5.47. The van der Waals surface area contributed by atoms with Crippen LogP contribution in [-0.2, 0) is 0 Å². The van der Waals surface area contributed by atoms with Crippen molar-refractivity contribution in [3.05, 3.63) is 78.1 Å². The molecule has 1 aromatic heterocycles. The lowest BCUT2D eigenvalue weighted by atomic mass is 10.2. The molecule has 0 spiro atoms. The fraction of sp³-hybridized carbons (Fsp3) is 0.0556. The fourth-order valence-corrected chi connectivity index (χ4v) is 2.08. The summed E-state index contributed by atoms with van der Waals surface area (Å²) >= 11 is 0. The van der Waals surface area contributed by atoms with Crippen molar-refractivity contribution in [2.45, 2.75) is 0 Å². The fourth-order valence-electron chi connectivity index (χ4n) is 2.08. The van der Waals surface area contributed by atoms with Crippen LogP contribution in [-0.4, -0.2) is 12.8 Å². The van der Waals surface area contributed by atoms with Gasteiger partial charge in [0.15, 0.2) is 0 Å². The van der Waals surface area contributed by atoms with Crippen molar-refractivity contribution in [1.82, 2.24) is 0 Å². The zero-order valence-electron chi connectivity index (χ0n) is 11.1. The zero-order valence-corrected chi connectivity index (χ0v) is 11.1. The van der Waals surface area contributed by atoms with E-state index in [0.717, 1.165) is 16.5 Å². The summed E-state index contributed by atoms with van der Waals surface area (Å²) in [6.45, 7) is 0.659. The summed E-state index contributed by atoms with van der Waals surface area (Å²) in [5.41, 5.74) is 3.10. The Morgan fingerprint density at radius 1 is 0.950 bits per heavy atom. The van der Waals surface area contributed by atoms with Crippen LogP contribution in [0.5, 0.6) is 0 Å². The van der Waals surface area contributed by atoms with Gasteiger partial charge in [-0.2, -0.15) is 0 Å². The quantitative estimate of drug-likeness (QED) is 0.632. The molecule has 0 N–H and O–H groups in total. The van der Waals surface area contributed by atoms with Crippen LogP contribution in [0.25, 0.3) is 17.0 Å². The molecule has 0 saturated heterocycles. The van der Waals surface area contributed by atoms with E-state index in [0.29, 0.717) is 6.54 Å². The molecule has 98 valence electrons. The van der Waals surface area contributed by atoms with Gasteiger partial charge in [0.1, 0.15) is 5.58 Å². The highest BCUT2D eigenvalue weighted by atomic mass is 16.3. The predicted octanol–water partition coefficient (Wildman–Crippen LogP) is 4.57. The molecule has 2 heteroatoms. The Bertz CT molecular complexity index is 738. The van der Waals surface area contributed by atoms with Gasteiger partial charge in [-0.3, -0.25) is 4.99 Å². The van der Waals surface area contributed by atoms with Crippen molar-refractivity contribution >= 4 is 23.3 Å². The van der Waals surface area contributed by atoms with Gasteiger partial charge >= 0.3 is 0 Å². The zero-order chi connectivity index (χ0) is 13.6. The number of benzene rings is 2. The molecule has 0 fully saturated rings. The van der Waals surface area contributed by atoms with Crippen LogP contribution in [0.3, 0.4) is 0 Å². The topological polar surface area (TPSA) is 25.5 Å². The minimum atomic E-state index is 0.659. The summed E-state index contributed by atoms with van der Waals surface area (Å²) in [6, 6.07) is 18.2. The Morgan fingerprint density at radius 3 is 2.75 bits per heavy atom. The van der Waals surface area contributed by atoms with Gasteiger partial charge in [0.2, 0.25) is 0 Å². The third-order valence-corrected chi connectivity index (χ3v) is 3.06. The van der Waals surface area contributed by atoms with Crippen molar-refractivity contribution in [2.24, 2.45) is 4.99 Å². The molecule has 0 radical (unpaired) electrons. The molecule has 3 rings (SSSR count). The summed E-state index contributed by atoms with van der Waals surface area (Å²) in [4.78, 5) is 4.41. The average molecular weight is 261 g/mol. The first-order valence-corrected chi connectivity index (χ1v) is 6.61. The van der Waals surface area contributed by atoms with E-state index in [1.165, 1.54) is 5.56 Å². The molecule has 0 bridgehead atoms. The second-order valence-electron chi connectivity index (χ2n) is 4.49. The van der Waals surface area contributed by atoms with Gasteiger partial charge < -0.3 is 4.42 Å². The lowest BCUT2D eigenvalue weighted by Gasteiger charge is -1.94. The molecule has 2 nitrogen and oxygen atoms in total. The first-order valence-electron chi connectivity index (χ1n) is 6.61. The van der Waals surface area contributed by atoms with Gasteiger partial charge in [-0.15, -0.1) is 0 Å². The maximum Gasteiger partial charge on any atom is 0.142 e. The maximum absolute atomic E-state index is 5.47. The second-order valence-corrected chi connectivity index (χ2v) is 4.49. The third kappa shape index (κ3) is 2.86. The number of fused-ring (bicyclic) bond motifs is 1. The van der Waals surface area contributed by atoms with E-state index in [9.17, 15) is 0 Å². The Morgan fingerprint density at radius 2 is 1.85 bits per heavy atom. The van der Waals surface area contributed by atoms with Crippen molar-refractivity contribution in [3.8, 4) is 0 Å². The van der Waals surface area contributed by atoms with Crippen LogP contribution in [0.2, 0.25) is 0 Å². The standard InChI is InChI=1S/C18H15NO/c1-2-6-15(7-3-1)8-5-12-19-14-17-10-4-9-16-11-13-20-18(16)17/h1-11,13-14H,12H2/b8-5+,19-14?. The first kappa shape index (κ1) is 12.4. The molecule has 20 heavy (non-hydrogen) atoms. The number of furan rings is 1. The van der Waals surface area contributed by atoms with E-state index in [1.807, 2.05) is 54.8 Å². The molecular formula is C18H15NO. The van der Waals surface area contributed by atoms with E-state index < -0.39 is 0 Å². The highest BCUT2D eigenvalue weighted by Crippen LogP contribution is 2.18. The molecule has 0 saturated carbocycles. The predicted molar refractivity (Wildman–Crippen MR) is 84.2 cm³/mol. The number of hydrogen-bond acceptors (Lipinski definition) is 2. The van der Waals surface area contributed by atoms with E-state index >= 15 is 0 Å². The van der Waals surface area contributed by atoms with Crippen molar-refractivity contribution in [1.29, 1.82) is 0 Å².